The molecule has 21 heavy (non-hydrogen) atoms. The van der Waals surface area contributed by atoms with Gasteiger partial charge in [-0.05, 0) is 31.9 Å². The molecule has 3 atom stereocenters. The lowest BCUT2D eigenvalue weighted by Gasteiger charge is -2.60. The standard InChI is InChI=1S/C17H23NO3/c1-4-17(5-2)11-20-12(3)18-15(17)14(16(18)19)21-13-9-7-6-8-10-13/h6-10,12,14-15H,4-5,11H2,1-3H3/t12-,14-,15+/m0/s1. The molecule has 2 heterocycles. The number of para-hydroxylation sites is 1. The van der Waals surface area contributed by atoms with Gasteiger partial charge in [-0.2, -0.15) is 0 Å². The maximum Gasteiger partial charge on any atom is 0.268 e. The van der Waals surface area contributed by atoms with Crippen LogP contribution in [0, 0.1) is 5.41 Å². The Hall–Kier alpha value is -1.55. The van der Waals surface area contributed by atoms with E-state index in [1.807, 2.05) is 42.2 Å². The third kappa shape index (κ3) is 2.13. The predicted molar refractivity (Wildman–Crippen MR) is 79.9 cm³/mol. The number of nitrogens with zero attached hydrogens (tertiary/aromatic N) is 1. The molecule has 1 amide bonds. The van der Waals surface area contributed by atoms with E-state index in [1.54, 1.807) is 0 Å². The van der Waals surface area contributed by atoms with Crippen molar-refractivity contribution < 1.29 is 14.3 Å². The summed E-state index contributed by atoms with van der Waals surface area (Å²) in [5.74, 6) is 0.804. The summed E-state index contributed by atoms with van der Waals surface area (Å²) >= 11 is 0. The maximum absolute atomic E-state index is 12.5. The quantitative estimate of drug-likeness (QED) is 0.800. The normalized spacial score (nSPS) is 30.5. The third-order valence-electron chi connectivity index (χ3n) is 5.13. The Kier molecular flexibility index (Phi) is 3.66. The van der Waals surface area contributed by atoms with Crippen molar-refractivity contribution in [3.05, 3.63) is 30.3 Å². The van der Waals surface area contributed by atoms with E-state index in [1.165, 1.54) is 0 Å². The Morgan fingerprint density at radius 1 is 1.29 bits per heavy atom. The number of fused-ring (bicyclic) bond motifs is 1. The molecule has 0 aliphatic carbocycles. The van der Waals surface area contributed by atoms with Crippen molar-refractivity contribution >= 4 is 5.91 Å². The topological polar surface area (TPSA) is 38.8 Å². The summed E-state index contributed by atoms with van der Waals surface area (Å²) in [6.45, 7) is 6.98. The second kappa shape index (κ2) is 5.34. The largest absolute Gasteiger partial charge is 0.478 e. The summed E-state index contributed by atoms with van der Waals surface area (Å²) in [7, 11) is 0. The van der Waals surface area contributed by atoms with Crippen LogP contribution in [0.3, 0.4) is 0 Å². The number of rotatable bonds is 4. The van der Waals surface area contributed by atoms with Crippen molar-refractivity contribution in [3.8, 4) is 5.75 Å². The van der Waals surface area contributed by atoms with Gasteiger partial charge in [-0.1, -0.05) is 32.0 Å². The first kappa shape index (κ1) is 14.4. The van der Waals surface area contributed by atoms with Crippen molar-refractivity contribution in [2.45, 2.75) is 52.0 Å². The SMILES string of the molecule is CCC1(CC)CO[C@@H](C)N2C(=O)[C@@H](Oc3ccccc3)[C@@H]21. The lowest BCUT2D eigenvalue weighted by atomic mass is 9.68. The van der Waals surface area contributed by atoms with Crippen LogP contribution in [0.15, 0.2) is 30.3 Å². The maximum atomic E-state index is 12.5. The van der Waals surface area contributed by atoms with Gasteiger partial charge in [-0.3, -0.25) is 4.79 Å². The van der Waals surface area contributed by atoms with Crippen molar-refractivity contribution in [1.29, 1.82) is 0 Å². The number of benzene rings is 1. The smallest absolute Gasteiger partial charge is 0.268 e. The van der Waals surface area contributed by atoms with E-state index in [4.69, 9.17) is 9.47 Å². The summed E-state index contributed by atoms with van der Waals surface area (Å²) in [6, 6.07) is 9.71. The summed E-state index contributed by atoms with van der Waals surface area (Å²) < 4.78 is 11.8. The van der Waals surface area contributed by atoms with Crippen LogP contribution >= 0.6 is 0 Å². The summed E-state index contributed by atoms with van der Waals surface area (Å²) in [6.07, 6.45) is 1.45. The van der Waals surface area contributed by atoms with E-state index < -0.39 is 0 Å². The van der Waals surface area contributed by atoms with Crippen LogP contribution in [0.4, 0.5) is 0 Å². The van der Waals surface area contributed by atoms with Crippen molar-refractivity contribution in [3.63, 3.8) is 0 Å². The zero-order valence-electron chi connectivity index (χ0n) is 12.9. The van der Waals surface area contributed by atoms with Gasteiger partial charge in [0.15, 0.2) is 6.10 Å². The number of hydrogen-bond donors (Lipinski definition) is 0. The minimum Gasteiger partial charge on any atom is -0.478 e. The molecule has 0 bridgehead atoms. The molecule has 2 aliphatic rings. The van der Waals surface area contributed by atoms with Crippen LogP contribution in [0.1, 0.15) is 33.6 Å². The fourth-order valence-corrected chi connectivity index (χ4v) is 3.59. The minimum atomic E-state index is -0.376. The van der Waals surface area contributed by atoms with E-state index in [-0.39, 0.29) is 29.7 Å². The molecule has 0 radical (unpaired) electrons. The highest BCUT2D eigenvalue weighted by atomic mass is 16.5. The molecular weight excluding hydrogens is 266 g/mol. The summed E-state index contributed by atoms with van der Waals surface area (Å²) in [4.78, 5) is 14.3. The molecule has 1 aromatic carbocycles. The van der Waals surface area contributed by atoms with Gasteiger partial charge < -0.3 is 14.4 Å². The predicted octanol–water partition coefficient (Wildman–Crippen LogP) is 2.83. The first-order valence-corrected chi connectivity index (χ1v) is 7.78. The van der Waals surface area contributed by atoms with Crippen LogP contribution in [0.5, 0.6) is 5.75 Å². The van der Waals surface area contributed by atoms with E-state index >= 15 is 0 Å². The molecule has 2 saturated heterocycles. The second-order valence-corrected chi connectivity index (χ2v) is 6.02. The average molecular weight is 289 g/mol. The highest BCUT2D eigenvalue weighted by molar-refractivity contribution is 5.89. The highest BCUT2D eigenvalue weighted by Crippen LogP contribution is 2.47. The first-order chi connectivity index (χ1) is 10.1. The molecule has 3 rings (SSSR count). The molecule has 2 aliphatic heterocycles. The Morgan fingerprint density at radius 3 is 2.57 bits per heavy atom. The first-order valence-electron chi connectivity index (χ1n) is 7.78. The third-order valence-corrected chi connectivity index (χ3v) is 5.13. The molecule has 0 unspecified atom stereocenters. The van der Waals surface area contributed by atoms with Gasteiger partial charge in [0.1, 0.15) is 12.0 Å². The Morgan fingerprint density at radius 2 is 1.95 bits per heavy atom. The van der Waals surface area contributed by atoms with Crippen LogP contribution in [0.25, 0.3) is 0 Å². The molecule has 4 heteroatoms. The number of carbonyl (C=O) groups excluding carboxylic acids is 1. The molecule has 0 saturated carbocycles. The lowest BCUT2D eigenvalue weighted by molar-refractivity contribution is -0.243. The van der Waals surface area contributed by atoms with Crippen LogP contribution < -0.4 is 4.74 Å². The molecule has 0 spiro atoms. The van der Waals surface area contributed by atoms with Gasteiger partial charge in [0, 0.05) is 5.41 Å². The zero-order chi connectivity index (χ0) is 15.0. The fraction of sp³-hybridized carbons (Fsp3) is 0.588. The van der Waals surface area contributed by atoms with Crippen molar-refractivity contribution in [2.24, 2.45) is 5.41 Å². The Labute approximate surface area is 126 Å². The average Bonchev–Trinajstić information content (AvgIpc) is 2.53. The van der Waals surface area contributed by atoms with E-state index in [2.05, 4.69) is 13.8 Å². The monoisotopic (exact) mass is 289 g/mol. The fourth-order valence-electron chi connectivity index (χ4n) is 3.59. The summed E-state index contributed by atoms with van der Waals surface area (Å²) in [5, 5.41) is 0. The Bertz CT molecular complexity index is 512. The number of amides is 1. The zero-order valence-corrected chi connectivity index (χ0v) is 12.9. The summed E-state index contributed by atoms with van der Waals surface area (Å²) in [5.41, 5.74) is -0.000132. The lowest BCUT2D eigenvalue weighted by Crippen LogP contribution is -2.77. The number of hydrogen-bond acceptors (Lipinski definition) is 3. The van der Waals surface area contributed by atoms with Gasteiger partial charge in [0.2, 0.25) is 0 Å². The molecule has 114 valence electrons. The highest BCUT2D eigenvalue weighted by Gasteiger charge is 2.62. The van der Waals surface area contributed by atoms with Crippen LogP contribution in [-0.4, -0.2) is 35.8 Å². The molecule has 1 aromatic rings. The van der Waals surface area contributed by atoms with Crippen molar-refractivity contribution in [2.75, 3.05) is 6.61 Å². The minimum absolute atomic E-state index is 0.000132. The number of β-lactam (4-membered cyclic amide) rings is 1. The van der Waals surface area contributed by atoms with Gasteiger partial charge >= 0.3 is 0 Å². The molecule has 0 N–H and O–H groups in total. The van der Waals surface area contributed by atoms with Crippen LogP contribution in [-0.2, 0) is 9.53 Å². The molecular formula is C17H23NO3. The van der Waals surface area contributed by atoms with Gasteiger partial charge in [-0.25, -0.2) is 0 Å². The van der Waals surface area contributed by atoms with Gasteiger partial charge in [0.25, 0.3) is 5.91 Å². The second-order valence-electron chi connectivity index (χ2n) is 6.02. The van der Waals surface area contributed by atoms with Gasteiger partial charge in [-0.15, -0.1) is 0 Å². The molecule has 4 nitrogen and oxygen atoms in total. The van der Waals surface area contributed by atoms with E-state index in [9.17, 15) is 4.79 Å². The van der Waals surface area contributed by atoms with E-state index in [0.29, 0.717) is 6.61 Å². The Balaban J connectivity index is 1.86. The van der Waals surface area contributed by atoms with Gasteiger partial charge in [0.05, 0.1) is 12.6 Å². The van der Waals surface area contributed by atoms with Crippen molar-refractivity contribution in [1.82, 2.24) is 4.90 Å². The van der Waals surface area contributed by atoms with E-state index in [0.717, 1.165) is 18.6 Å². The number of carbonyl (C=O) groups is 1. The number of ether oxygens (including phenoxy) is 2. The van der Waals surface area contributed by atoms with Crippen LogP contribution in [0.2, 0.25) is 0 Å². The molecule has 2 fully saturated rings. The molecule has 0 aromatic heterocycles.